The van der Waals surface area contributed by atoms with Crippen molar-refractivity contribution in [3.05, 3.63) is 53.6 Å². The molecule has 0 spiro atoms. The molecule has 146 valence electrons. The summed E-state index contributed by atoms with van der Waals surface area (Å²) in [5.74, 6) is 1.87. The Morgan fingerprint density at radius 1 is 1.21 bits per heavy atom. The van der Waals surface area contributed by atoms with Crippen molar-refractivity contribution in [2.75, 3.05) is 26.1 Å². The van der Waals surface area contributed by atoms with Gasteiger partial charge in [-0.05, 0) is 25.1 Å². The van der Waals surface area contributed by atoms with Crippen LogP contribution >= 0.6 is 0 Å². The number of anilines is 1. The average Bonchev–Trinajstić information content (AvgIpc) is 3.07. The SMILES string of the molecule is COc1cccc(-c2cc(C(=O)NCc3nc(C)cc(N(C)C)n3)n(C)n2)c1. The molecule has 0 saturated carbocycles. The highest BCUT2D eigenvalue weighted by atomic mass is 16.5. The fraction of sp³-hybridized carbons (Fsp3) is 0.300. The lowest BCUT2D eigenvalue weighted by atomic mass is 10.1. The van der Waals surface area contributed by atoms with E-state index in [4.69, 9.17) is 4.74 Å². The molecule has 0 aliphatic rings. The first-order valence-corrected chi connectivity index (χ1v) is 8.86. The van der Waals surface area contributed by atoms with Crippen molar-refractivity contribution >= 4 is 11.7 Å². The van der Waals surface area contributed by atoms with Gasteiger partial charge in [0.15, 0.2) is 0 Å². The third kappa shape index (κ3) is 4.28. The van der Waals surface area contributed by atoms with Gasteiger partial charge >= 0.3 is 0 Å². The third-order valence-electron chi connectivity index (χ3n) is 4.23. The molecule has 0 atom stereocenters. The molecule has 1 amide bonds. The van der Waals surface area contributed by atoms with E-state index in [0.717, 1.165) is 22.8 Å². The van der Waals surface area contributed by atoms with Crippen LogP contribution < -0.4 is 15.0 Å². The molecule has 1 aromatic carbocycles. The standard InChI is InChI=1S/C20H24N6O2/c1-13-9-19(25(2)3)23-18(22-13)12-21-20(27)17-11-16(24-26(17)4)14-7-6-8-15(10-14)28-5/h6-11H,12H2,1-5H3,(H,21,27). The van der Waals surface area contributed by atoms with Gasteiger partial charge in [0, 0.05) is 38.5 Å². The van der Waals surface area contributed by atoms with Crippen LogP contribution in [0.5, 0.6) is 5.75 Å². The Bertz CT molecular complexity index is 996. The summed E-state index contributed by atoms with van der Waals surface area (Å²) < 4.78 is 6.82. The molecule has 0 fully saturated rings. The van der Waals surface area contributed by atoms with Crippen molar-refractivity contribution in [2.45, 2.75) is 13.5 Å². The van der Waals surface area contributed by atoms with Gasteiger partial charge in [-0.25, -0.2) is 9.97 Å². The van der Waals surface area contributed by atoms with Gasteiger partial charge in [0.25, 0.3) is 5.91 Å². The molecule has 0 bridgehead atoms. The van der Waals surface area contributed by atoms with E-state index in [1.165, 1.54) is 0 Å². The van der Waals surface area contributed by atoms with Crippen LogP contribution in [0.4, 0.5) is 5.82 Å². The largest absolute Gasteiger partial charge is 0.497 e. The normalized spacial score (nSPS) is 10.6. The van der Waals surface area contributed by atoms with Crippen molar-refractivity contribution in [1.82, 2.24) is 25.1 Å². The van der Waals surface area contributed by atoms with E-state index in [0.29, 0.717) is 17.2 Å². The maximum Gasteiger partial charge on any atom is 0.269 e. The van der Waals surface area contributed by atoms with Gasteiger partial charge < -0.3 is 15.0 Å². The Hall–Kier alpha value is -3.42. The molecule has 0 saturated heterocycles. The number of benzene rings is 1. The quantitative estimate of drug-likeness (QED) is 0.706. The van der Waals surface area contributed by atoms with Gasteiger partial charge in [0.1, 0.15) is 23.1 Å². The van der Waals surface area contributed by atoms with E-state index in [1.807, 2.05) is 56.3 Å². The molecule has 0 aliphatic carbocycles. The second kappa shape index (κ2) is 8.08. The number of aromatic nitrogens is 4. The number of nitrogens with zero attached hydrogens (tertiary/aromatic N) is 5. The van der Waals surface area contributed by atoms with Gasteiger partial charge in [-0.1, -0.05) is 12.1 Å². The van der Waals surface area contributed by atoms with Gasteiger partial charge in [-0.15, -0.1) is 0 Å². The first-order chi connectivity index (χ1) is 13.4. The summed E-state index contributed by atoms with van der Waals surface area (Å²) in [6, 6.07) is 11.2. The maximum atomic E-state index is 12.6. The first-order valence-electron chi connectivity index (χ1n) is 8.86. The molecule has 0 unspecified atom stereocenters. The van der Waals surface area contributed by atoms with E-state index in [1.54, 1.807) is 24.9 Å². The van der Waals surface area contributed by atoms with E-state index >= 15 is 0 Å². The van der Waals surface area contributed by atoms with Crippen molar-refractivity contribution < 1.29 is 9.53 Å². The molecular formula is C20H24N6O2. The first kappa shape index (κ1) is 19.3. The van der Waals surface area contributed by atoms with Crippen LogP contribution in [0.1, 0.15) is 22.0 Å². The molecule has 2 heterocycles. The zero-order chi connectivity index (χ0) is 20.3. The van der Waals surface area contributed by atoms with Crippen LogP contribution in [0.3, 0.4) is 0 Å². The second-order valence-corrected chi connectivity index (χ2v) is 6.63. The number of amides is 1. The monoisotopic (exact) mass is 380 g/mol. The Morgan fingerprint density at radius 2 is 2.00 bits per heavy atom. The smallest absolute Gasteiger partial charge is 0.269 e. The van der Waals surface area contributed by atoms with Crippen molar-refractivity contribution in [3.63, 3.8) is 0 Å². The molecule has 3 aromatic rings. The minimum absolute atomic E-state index is 0.236. The molecule has 8 nitrogen and oxygen atoms in total. The second-order valence-electron chi connectivity index (χ2n) is 6.63. The lowest BCUT2D eigenvalue weighted by Gasteiger charge is -2.13. The molecule has 8 heteroatoms. The van der Waals surface area contributed by atoms with Crippen molar-refractivity contribution in [1.29, 1.82) is 0 Å². The van der Waals surface area contributed by atoms with Crippen LogP contribution in [0.25, 0.3) is 11.3 Å². The van der Waals surface area contributed by atoms with Crippen molar-refractivity contribution in [3.8, 4) is 17.0 Å². The third-order valence-corrected chi connectivity index (χ3v) is 4.23. The van der Waals surface area contributed by atoms with Crippen molar-refractivity contribution in [2.24, 2.45) is 7.05 Å². The molecule has 28 heavy (non-hydrogen) atoms. The van der Waals surface area contributed by atoms with E-state index in [9.17, 15) is 4.79 Å². The summed E-state index contributed by atoms with van der Waals surface area (Å²) in [4.78, 5) is 23.4. The number of carbonyl (C=O) groups excluding carboxylic acids is 1. The summed E-state index contributed by atoms with van der Waals surface area (Å²) in [5.41, 5.74) is 2.89. The molecule has 3 rings (SSSR count). The lowest BCUT2D eigenvalue weighted by molar-refractivity contribution is 0.0940. The van der Waals surface area contributed by atoms with Crippen LogP contribution in [0, 0.1) is 6.92 Å². The zero-order valence-electron chi connectivity index (χ0n) is 16.7. The molecule has 0 aliphatic heterocycles. The number of hydrogen-bond acceptors (Lipinski definition) is 6. The number of carbonyl (C=O) groups is 1. The van der Waals surface area contributed by atoms with E-state index in [2.05, 4.69) is 20.4 Å². The maximum absolute atomic E-state index is 12.6. The van der Waals surface area contributed by atoms with Gasteiger partial charge in [-0.3, -0.25) is 9.48 Å². The molecule has 1 N–H and O–H groups in total. The topological polar surface area (TPSA) is 85.2 Å². The van der Waals surface area contributed by atoms with Gasteiger partial charge in [0.2, 0.25) is 0 Å². The summed E-state index contributed by atoms with van der Waals surface area (Å²) in [7, 11) is 7.19. The Morgan fingerprint density at radius 3 is 2.71 bits per heavy atom. The summed E-state index contributed by atoms with van der Waals surface area (Å²) in [5, 5.41) is 7.31. The molecule has 2 aromatic heterocycles. The number of ether oxygens (including phenoxy) is 1. The number of hydrogen-bond donors (Lipinski definition) is 1. The van der Waals surface area contributed by atoms with Crippen LogP contribution in [0.2, 0.25) is 0 Å². The number of aryl methyl sites for hydroxylation is 2. The Kier molecular flexibility index (Phi) is 5.58. The minimum Gasteiger partial charge on any atom is -0.497 e. The predicted molar refractivity (Wildman–Crippen MR) is 107 cm³/mol. The zero-order valence-corrected chi connectivity index (χ0v) is 16.7. The molecule has 0 radical (unpaired) electrons. The summed E-state index contributed by atoms with van der Waals surface area (Å²) in [6.45, 7) is 2.14. The predicted octanol–water partition coefficient (Wildman–Crippen LogP) is 2.19. The highest BCUT2D eigenvalue weighted by molar-refractivity contribution is 5.93. The van der Waals surface area contributed by atoms with Crippen LogP contribution in [-0.2, 0) is 13.6 Å². The van der Waals surface area contributed by atoms with Crippen LogP contribution in [-0.4, -0.2) is 46.9 Å². The van der Waals surface area contributed by atoms with E-state index in [-0.39, 0.29) is 12.5 Å². The molecular weight excluding hydrogens is 356 g/mol. The summed E-state index contributed by atoms with van der Waals surface area (Å²) in [6.07, 6.45) is 0. The van der Waals surface area contributed by atoms with Gasteiger partial charge in [0.05, 0.1) is 19.3 Å². The number of methoxy groups -OCH3 is 1. The van der Waals surface area contributed by atoms with Crippen LogP contribution in [0.15, 0.2) is 36.4 Å². The highest BCUT2D eigenvalue weighted by Crippen LogP contribution is 2.23. The Balaban J connectivity index is 1.76. The Labute approximate surface area is 164 Å². The fourth-order valence-electron chi connectivity index (χ4n) is 2.77. The lowest BCUT2D eigenvalue weighted by Crippen LogP contribution is -2.26. The number of rotatable bonds is 6. The highest BCUT2D eigenvalue weighted by Gasteiger charge is 2.15. The number of nitrogens with one attached hydrogen (secondary N) is 1. The average molecular weight is 380 g/mol. The minimum atomic E-state index is -0.236. The fourth-order valence-corrected chi connectivity index (χ4v) is 2.77. The summed E-state index contributed by atoms with van der Waals surface area (Å²) >= 11 is 0. The van der Waals surface area contributed by atoms with E-state index < -0.39 is 0 Å². The van der Waals surface area contributed by atoms with Gasteiger partial charge in [-0.2, -0.15) is 5.10 Å².